The highest BCUT2D eigenvalue weighted by atomic mass is 19.3. The molecule has 0 unspecified atom stereocenters. The highest BCUT2D eigenvalue weighted by molar-refractivity contribution is 4.66. The molecule has 0 amide bonds. The lowest BCUT2D eigenvalue weighted by Crippen LogP contribution is -1.70. The van der Waals surface area contributed by atoms with E-state index in [1.165, 1.54) is 6.20 Å². The summed E-state index contributed by atoms with van der Waals surface area (Å²) < 4.78 is 20.3. The van der Waals surface area contributed by atoms with Crippen molar-refractivity contribution >= 4 is 0 Å². The second kappa shape index (κ2) is 9.46. The van der Waals surface area contributed by atoms with E-state index in [4.69, 9.17) is 5.73 Å². The summed E-state index contributed by atoms with van der Waals surface area (Å²) in [6, 6.07) is 0. The highest BCUT2D eigenvalue weighted by Crippen LogP contribution is 1.85. The first-order chi connectivity index (χ1) is 3.65. The molecule has 8 heavy (non-hydrogen) atoms. The van der Waals surface area contributed by atoms with E-state index in [0.717, 1.165) is 0 Å². The molecule has 0 aromatic carbocycles. The van der Waals surface area contributed by atoms with Crippen LogP contribution in [0.2, 0.25) is 0 Å². The Morgan fingerprint density at radius 2 is 1.75 bits per heavy atom. The maximum atomic E-state index is 10.1. The average Bonchev–Trinajstić information content (AvgIpc) is 1.65. The molecule has 0 aliphatic carbocycles. The summed E-state index contributed by atoms with van der Waals surface area (Å²) in [5.41, 5.74) is 4.85. The number of hydrogen-bond donors (Lipinski definition) is 1. The zero-order valence-electron chi connectivity index (χ0n) is 4.70. The summed E-state index contributed by atoms with van der Waals surface area (Å²) in [4.78, 5) is 0. The normalized spacial score (nSPS) is 7.88. The molecule has 0 aromatic rings. The van der Waals surface area contributed by atoms with Crippen molar-refractivity contribution in [1.29, 1.82) is 0 Å². The maximum Gasteiger partial charge on any atom is 0.263 e. The van der Waals surface area contributed by atoms with Gasteiger partial charge in [-0.15, -0.1) is 0 Å². The summed E-state index contributed by atoms with van der Waals surface area (Å²) in [7, 11) is 0. The second-order valence-electron chi connectivity index (χ2n) is 0.864. The third-order valence-electron chi connectivity index (χ3n) is 0.192. The van der Waals surface area contributed by atoms with Gasteiger partial charge in [0, 0.05) is 0 Å². The molecule has 2 N–H and O–H groups in total. The van der Waals surface area contributed by atoms with Crippen molar-refractivity contribution in [2.24, 2.45) is 5.73 Å². The number of halogens is 2. The molecule has 0 bridgehead atoms. The van der Waals surface area contributed by atoms with Crippen LogP contribution in [0.4, 0.5) is 8.78 Å². The van der Waals surface area contributed by atoms with E-state index >= 15 is 0 Å². The fraction of sp³-hybridized carbons (Fsp3) is 0.200. The van der Waals surface area contributed by atoms with Crippen molar-refractivity contribution in [2.75, 3.05) is 0 Å². The first kappa shape index (κ1) is 10.2. The van der Waals surface area contributed by atoms with Crippen LogP contribution < -0.4 is 5.73 Å². The van der Waals surface area contributed by atoms with Crippen molar-refractivity contribution in [3.05, 3.63) is 24.9 Å². The van der Waals surface area contributed by atoms with Gasteiger partial charge in [-0.3, -0.25) is 0 Å². The molecular weight excluding hydrogens is 112 g/mol. The standard InChI is InChI=1S/C3H7N.C2H2F2/c1-2-3-4;1-2(3)4/h2-3H,4H2,1H3;1H2. The molecule has 0 saturated carbocycles. The Labute approximate surface area is 47.5 Å². The number of rotatable bonds is 0. The van der Waals surface area contributed by atoms with Crippen LogP contribution in [0.3, 0.4) is 0 Å². The average molecular weight is 121 g/mol. The molecule has 1 nitrogen and oxygen atoms in total. The molecule has 0 rings (SSSR count). The smallest absolute Gasteiger partial charge is 0.263 e. The predicted octanol–water partition coefficient (Wildman–Crippen LogP) is 1.88. The highest BCUT2D eigenvalue weighted by Gasteiger charge is 1.65. The van der Waals surface area contributed by atoms with Crippen LogP contribution in [0.1, 0.15) is 6.92 Å². The molecule has 0 radical (unpaired) electrons. The van der Waals surface area contributed by atoms with Crippen molar-refractivity contribution in [3.63, 3.8) is 0 Å². The van der Waals surface area contributed by atoms with Gasteiger partial charge in [0.1, 0.15) is 0 Å². The van der Waals surface area contributed by atoms with Crippen LogP contribution in [0.15, 0.2) is 24.9 Å². The van der Waals surface area contributed by atoms with Gasteiger partial charge in [0.25, 0.3) is 6.08 Å². The Balaban J connectivity index is 0. The van der Waals surface area contributed by atoms with E-state index in [9.17, 15) is 8.78 Å². The summed E-state index contributed by atoms with van der Waals surface area (Å²) in [5.74, 6) is 0. The van der Waals surface area contributed by atoms with Gasteiger partial charge in [-0.2, -0.15) is 8.78 Å². The number of allylic oxidation sites excluding steroid dienone is 1. The van der Waals surface area contributed by atoms with E-state index < -0.39 is 6.08 Å². The number of hydrogen-bond acceptors (Lipinski definition) is 1. The monoisotopic (exact) mass is 121 g/mol. The molecule has 0 aromatic heterocycles. The van der Waals surface area contributed by atoms with Crippen LogP contribution in [-0.4, -0.2) is 0 Å². The Hall–Kier alpha value is -0.860. The predicted molar refractivity (Wildman–Crippen MR) is 30.4 cm³/mol. The Bertz CT molecular complexity index is 70.5. The quantitative estimate of drug-likeness (QED) is 0.520. The van der Waals surface area contributed by atoms with Gasteiger partial charge in [-0.25, -0.2) is 0 Å². The zero-order chi connectivity index (χ0) is 6.99. The van der Waals surface area contributed by atoms with Gasteiger partial charge in [-0.1, -0.05) is 6.08 Å². The Morgan fingerprint density at radius 1 is 1.62 bits per heavy atom. The fourth-order valence-corrected chi connectivity index (χ4v) is 0. The lowest BCUT2D eigenvalue weighted by molar-refractivity contribution is 0.426. The third-order valence-corrected chi connectivity index (χ3v) is 0.192. The first-order valence-electron chi connectivity index (χ1n) is 1.98. The SMILES string of the molecule is C=C(F)F.CC=CN. The van der Waals surface area contributed by atoms with Gasteiger partial charge in [0.2, 0.25) is 0 Å². The molecule has 0 fully saturated rings. The molecule has 0 aliphatic rings. The molecule has 0 heterocycles. The largest absolute Gasteiger partial charge is 0.405 e. The van der Waals surface area contributed by atoms with Crippen molar-refractivity contribution in [1.82, 2.24) is 0 Å². The molecule has 0 aliphatic heterocycles. The number of nitrogens with two attached hydrogens (primary N) is 1. The molecule has 3 heteroatoms. The van der Waals surface area contributed by atoms with Crippen LogP contribution in [0.25, 0.3) is 0 Å². The molecular formula is C5H9F2N. The van der Waals surface area contributed by atoms with E-state index in [0.29, 0.717) is 0 Å². The molecule has 0 atom stereocenters. The fourth-order valence-electron chi connectivity index (χ4n) is 0. The minimum atomic E-state index is -1.83. The van der Waals surface area contributed by atoms with E-state index in [1.807, 2.05) is 6.92 Å². The summed E-state index contributed by atoms with van der Waals surface area (Å²) >= 11 is 0. The van der Waals surface area contributed by atoms with Gasteiger partial charge >= 0.3 is 0 Å². The topological polar surface area (TPSA) is 26.0 Å². The van der Waals surface area contributed by atoms with E-state index in [2.05, 4.69) is 6.58 Å². The Morgan fingerprint density at radius 3 is 1.75 bits per heavy atom. The van der Waals surface area contributed by atoms with Crippen molar-refractivity contribution in [2.45, 2.75) is 6.92 Å². The lowest BCUT2D eigenvalue weighted by atomic mass is 10.7. The molecule has 0 saturated heterocycles. The van der Waals surface area contributed by atoms with Gasteiger partial charge in [0.15, 0.2) is 0 Å². The molecule has 0 spiro atoms. The van der Waals surface area contributed by atoms with E-state index in [1.54, 1.807) is 6.08 Å². The lowest BCUT2D eigenvalue weighted by Gasteiger charge is -1.54. The van der Waals surface area contributed by atoms with Crippen molar-refractivity contribution in [3.8, 4) is 0 Å². The molecule has 48 valence electrons. The van der Waals surface area contributed by atoms with E-state index in [-0.39, 0.29) is 0 Å². The van der Waals surface area contributed by atoms with Crippen LogP contribution in [0.5, 0.6) is 0 Å². The third kappa shape index (κ3) is 4490. The summed E-state index contributed by atoms with van der Waals surface area (Å²) in [6.07, 6.45) is 1.44. The zero-order valence-corrected chi connectivity index (χ0v) is 4.70. The first-order valence-corrected chi connectivity index (χ1v) is 1.98. The second-order valence-corrected chi connectivity index (χ2v) is 0.864. The van der Waals surface area contributed by atoms with Gasteiger partial charge < -0.3 is 5.73 Å². The summed E-state index contributed by atoms with van der Waals surface area (Å²) in [5, 5.41) is 0. The Kier molecular flexibility index (Phi) is 12.1. The van der Waals surface area contributed by atoms with Crippen LogP contribution >= 0.6 is 0 Å². The van der Waals surface area contributed by atoms with Crippen LogP contribution in [0, 0.1) is 0 Å². The maximum absolute atomic E-state index is 10.1. The van der Waals surface area contributed by atoms with Gasteiger partial charge in [0.05, 0.1) is 0 Å². The minimum Gasteiger partial charge on any atom is -0.405 e. The van der Waals surface area contributed by atoms with Crippen LogP contribution in [-0.2, 0) is 0 Å². The van der Waals surface area contributed by atoms with Crippen molar-refractivity contribution < 1.29 is 8.78 Å². The van der Waals surface area contributed by atoms with Gasteiger partial charge in [-0.05, 0) is 19.7 Å². The summed E-state index contributed by atoms with van der Waals surface area (Å²) in [6.45, 7) is 4.10. The minimum absolute atomic E-state index is 1.50.